The fraction of sp³-hybridized carbons (Fsp3) is 0.0476. The van der Waals surface area contributed by atoms with Gasteiger partial charge >= 0.3 is 0 Å². The van der Waals surface area contributed by atoms with Gasteiger partial charge in [-0.25, -0.2) is 5.43 Å². The highest BCUT2D eigenvalue weighted by atomic mass is 16.5. The first-order valence-electron chi connectivity index (χ1n) is 8.09. The van der Waals surface area contributed by atoms with E-state index in [0.717, 1.165) is 0 Å². The Bertz CT molecular complexity index is 937. The van der Waals surface area contributed by atoms with E-state index in [2.05, 4.69) is 10.5 Å². The summed E-state index contributed by atoms with van der Waals surface area (Å²) in [6, 6.07) is 23.0. The van der Waals surface area contributed by atoms with Crippen LogP contribution < -0.4 is 10.2 Å². The number of aromatic hydroxyl groups is 1. The number of nitrogens with one attached hydrogen (secondary N) is 1. The normalized spacial score (nSPS) is 11.0. The molecule has 0 aliphatic heterocycles. The summed E-state index contributed by atoms with van der Waals surface area (Å²) in [6.45, 7) is 1.71. The summed E-state index contributed by atoms with van der Waals surface area (Å²) < 4.78 is 5.73. The molecule has 0 saturated carbocycles. The second-order valence-corrected chi connectivity index (χ2v) is 5.60. The zero-order valence-corrected chi connectivity index (χ0v) is 14.2. The highest BCUT2D eigenvalue weighted by Gasteiger charge is 2.08. The maximum absolute atomic E-state index is 12.3. The molecule has 26 heavy (non-hydrogen) atoms. The maximum atomic E-state index is 12.3. The van der Waals surface area contributed by atoms with Gasteiger partial charge in [0, 0.05) is 11.1 Å². The SMILES string of the molecule is C/C(=N\NC(=O)c1cccc(Oc2ccccc2)c1)c1ccccc1O. The average Bonchev–Trinajstić information content (AvgIpc) is 2.67. The molecule has 0 aliphatic rings. The Morgan fingerprint density at radius 1 is 0.923 bits per heavy atom. The molecule has 0 fully saturated rings. The van der Waals surface area contributed by atoms with Crippen LogP contribution in [0.5, 0.6) is 17.2 Å². The van der Waals surface area contributed by atoms with Crippen LogP contribution in [0, 0.1) is 0 Å². The zero-order chi connectivity index (χ0) is 18.4. The van der Waals surface area contributed by atoms with Crippen molar-refractivity contribution in [2.75, 3.05) is 0 Å². The van der Waals surface area contributed by atoms with E-state index in [0.29, 0.717) is 28.3 Å². The molecule has 0 radical (unpaired) electrons. The number of amides is 1. The Labute approximate surface area is 151 Å². The molecule has 5 nitrogen and oxygen atoms in total. The largest absolute Gasteiger partial charge is 0.507 e. The minimum absolute atomic E-state index is 0.112. The number of phenols is 1. The van der Waals surface area contributed by atoms with Crippen molar-refractivity contribution in [1.82, 2.24) is 5.43 Å². The van der Waals surface area contributed by atoms with Crippen molar-refractivity contribution >= 4 is 11.6 Å². The lowest BCUT2D eigenvalue weighted by molar-refractivity contribution is 0.0954. The molecule has 1 amide bonds. The summed E-state index contributed by atoms with van der Waals surface area (Å²) in [7, 11) is 0. The van der Waals surface area contributed by atoms with E-state index >= 15 is 0 Å². The summed E-state index contributed by atoms with van der Waals surface area (Å²) in [4.78, 5) is 12.3. The molecule has 0 heterocycles. The molecule has 3 aromatic carbocycles. The number of benzene rings is 3. The Morgan fingerprint density at radius 2 is 1.62 bits per heavy atom. The van der Waals surface area contributed by atoms with Gasteiger partial charge in [-0.1, -0.05) is 36.4 Å². The molecule has 0 saturated heterocycles. The number of nitrogens with zero attached hydrogens (tertiary/aromatic N) is 1. The predicted molar refractivity (Wildman–Crippen MR) is 101 cm³/mol. The van der Waals surface area contributed by atoms with Gasteiger partial charge in [-0.3, -0.25) is 4.79 Å². The number of carbonyl (C=O) groups excluding carboxylic acids is 1. The molecule has 0 bridgehead atoms. The van der Waals surface area contributed by atoms with Crippen LogP contribution in [0.4, 0.5) is 0 Å². The summed E-state index contributed by atoms with van der Waals surface area (Å²) in [6.07, 6.45) is 0. The third kappa shape index (κ3) is 4.27. The molecule has 5 heteroatoms. The van der Waals surface area contributed by atoms with Crippen molar-refractivity contribution in [3.05, 3.63) is 90.0 Å². The van der Waals surface area contributed by atoms with Gasteiger partial charge in [0.05, 0.1) is 5.71 Å². The first kappa shape index (κ1) is 17.2. The van der Waals surface area contributed by atoms with Crippen molar-refractivity contribution < 1.29 is 14.6 Å². The topological polar surface area (TPSA) is 70.9 Å². The molecule has 0 spiro atoms. The average molecular weight is 346 g/mol. The number of carbonyl (C=O) groups is 1. The summed E-state index contributed by atoms with van der Waals surface area (Å²) in [5.41, 5.74) is 3.99. The van der Waals surface area contributed by atoms with Crippen molar-refractivity contribution in [2.24, 2.45) is 5.10 Å². The number of hydrogen-bond donors (Lipinski definition) is 2. The number of ether oxygens (including phenoxy) is 1. The van der Waals surface area contributed by atoms with Crippen molar-refractivity contribution in [2.45, 2.75) is 6.92 Å². The highest BCUT2D eigenvalue weighted by Crippen LogP contribution is 2.22. The molecular formula is C21H18N2O3. The van der Waals surface area contributed by atoms with Gasteiger partial charge in [0.1, 0.15) is 17.2 Å². The van der Waals surface area contributed by atoms with Crippen LogP contribution in [0.3, 0.4) is 0 Å². The second-order valence-electron chi connectivity index (χ2n) is 5.60. The van der Waals surface area contributed by atoms with E-state index in [4.69, 9.17) is 4.74 Å². The molecule has 130 valence electrons. The number of phenolic OH excluding ortho intramolecular Hbond substituents is 1. The zero-order valence-electron chi connectivity index (χ0n) is 14.2. The Balaban J connectivity index is 1.71. The van der Waals surface area contributed by atoms with Crippen LogP contribution in [-0.2, 0) is 0 Å². The summed E-state index contributed by atoms with van der Waals surface area (Å²) in [5.74, 6) is 1.00. The van der Waals surface area contributed by atoms with Gasteiger partial charge in [-0.2, -0.15) is 5.10 Å². The lowest BCUT2D eigenvalue weighted by Gasteiger charge is -2.08. The first-order chi connectivity index (χ1) is 12.6. The number of para-hydroxylation sites is 2. The van der Waals surface area contributed by atoms with E-state index in [1.807, 2.05) is 30.3 Å². The highest BCUT2D eigenvalue weighted by molar-refractivity contribution is 6.02. The minimum Gasteiger partial charge on any atom is -0.507 e. The van der Waals surface area contributed by atoms with Gasteiger partial charge in [-0.05, 0) is 49.4 Å². The molecule has 3 rings (SSSR count). The molecular weight excluding hydrogens is 328 g/mol. The fourth-order valence-electron chi connectivity index (χ4n) is 2.36. The van der Waals surface area contributed by atoms with Crippen molar-refractivity contribution in [3.63, 3.8) is 0 Å². The summed E-state index contributed by atoms with van der Waals surface area (Å²) >= 11 is 0. The number of hydrazone groups is 1. The first-order valence-corrected chi connectivity index (χ1v) is 8.09. The molecule has 0 aromatic heterocycles. The Morgan fingerprint density at radius 3 is 2.38 bits per heavy atom. The second kappa shape index (κ2) is 7.98. The minimum atomic E-state index is -0.363. The third-order valence-corrected chi connectivity index (χ3v) is 3.69. The van der Waals surface area contributed by atoms with Gasteiger partial charge in [0.25, 0.3) is 5.91 Å². The maximum Gasteiger partial charge on any atom is 0.271 e. The van der Waals surface area contributed by atoms with Crippen LogP contribution in [0.1, 0.15) is 22.8 Å². The number of rotatable bonds is 5. The van der Waals surface area contributed by atoms with E-state index in [1.54, 1.807) is 55.5 Å². The third-order valence-electron chi connectivity index (χ3n) is 3.69. The fourth-order valence-corrected chi connectivity index (χ4v) is 2.36. The summed E-state index contributed by atoms with van der Waals surface area (Å²) in [5, 5.41) is 13.9. The Hall–Kier alpha value is -3.60. The van der Waals surface area contributed by atoms with E-state index in [9.17, 15) is 9.90 Å². The van der Waals surface area contributed by atoms with Gasteiger partial charge < -0.3 is 9.84 Å². The molecule has 2 N–H and O–H groups in total. The molecule has 0 aliphatic carbocycles. The van der Waals surface area contributed by atoms with Crippen molar-refractivity contribution in [1.29, 1.82) is 0 Å². The smallest absolute Gasteiger partial charge is 0.271 e. The van der Waals surface area contributed by atoms with Crippen LogP contribution in [0.25, 0.3) is 0 Å². The monoisotopic (exact) mass is 346 g/mol. The van der Waals surface area contributed by atoms with Crippen LogP contribution in [0.15, 0.2) is 84.0 Å². The standard InChI is InChI=1S/C21H18N2O3/c1-15(19-12-5-6-13-20(19)24)22-23-21(25)16-8-7-11-18(14-16)26-17-9-3-2-4-10-17/h2-14,24H,1H3,(H,23,25)/b22-15+. The van der Waals surface area contributed by atoms with Crippen LogP contribution in [0.2, 0.25) is 0 Å². The van der Waals surface area contributed by atoms with Gasteiger partial charge in [-0.15, -0.1) is 0 Å². The molecule has 3 aromatic rings. The van der Waals surface area contributed by atoms with Gasteiger partial charge in [0.15, 0.2) is 0 Å². The lowest BCUT2D eigenvalue weighted by Crippen LogP contribution is -2.19. The lowest BCUT2D eigenvalue weighted by atomic mass is 10.1. The van der Waals surface area contributed by atoms with Crippen LogP contribution >= 0.6 is 0 Å². The molecule has 0 unspecified atom stereocenters. The quantitative estimate of drug-likeness (QED) is 0.533. The predicted octanol–water partition coefficient (Wildman–Crippen LogP) is 4.34. The van der Waals surface area contributed by atoms with Crippen molar-refractivity contribution in [3.8, 4) is 17.2 Å². The van der Waals surface area contributed by atoms with Crippen LogP contribution in [-0.4, -0.2) is 16.7 Å². The van der Waals surface area contributed by atoms with Gasteiger partial charge in [0.2, 0.25) is 0 Å². The van der Waals surface area contributed by atoms with E-state index in [-0.39, 0.29) is 11.7 Å². The number of hydrogen-bond acceptors (Lipinski definition) is 4. The van der Waals surface area contributed by atoms with E-state index in [1.165, 1.54) is 0 Å². The van der Waals surface area contributed by atoms with E-state index < -0.39 is 0 Å². The Kier molecular flexibility index (Phi) is 5.29. The molecule has 0 atom stereocenters.